The van der Waals surface area contributed by atoms with Crippen molar-refractivity contribution in [2.24, 2.45) is 0 Å². The zero-order chi connectivity index (χ0) is 18.1. The van der Waals surface area contributed by atoms with Crippen molar-refractivity contribution >= 4 is 22.9 Å². The van der Waals surface area contributed by atoms with Crippen LogP contribution >= 0.6 is 0 Å². The predicted octanol–water partition coefficient (Wildman–Crippen LogP) is 2.07. The van der Waals surface area contributed by atoms with Crippen LogP contribution in [0, 0.1) is 0 Å². The van der Waals surface area contributed by atoms with E-state index in [0.29, 0.717) is 24.7 Å². The number of carboxylic acid groups (broad SMARTS) is 1. The van der Waals surface area contributed by atoms with Crippen LogP contribution in [0.25, 0.3) is 10.9 Å². The summed E-state index contributed by atoms with van der Waals surface area (Å²) in [5.74, 6) is 0.421. The Morgan fingerprint density at radius 2 is 1.73 bits per heavy atom. The third-order valence-electron chi connectivity index (χ3n) is 5.52. The van der Waals surface area contributed by atoms with Gasteiger partial charge in [-0.25, -0.2) is 4.79 Å². The van der Waals surface area contributed by atoms with Crippen LogP contribution < -0.4 is 5.32 Å². The number of rotatable bonds is 2. The number of hydrogen-bond acceptors (Lipinski definition) is 3. The molecule has 1 aromatic heterocycles. The molecular formula is C19H24N4O3. The molecule has 0 radical (unpaired) electrons. The maximum atomic E-state index is 12.7. The number of aromatic amines is 1. The summed E-state index contributed by atoms with van der Waals surface area (Å²) in [7, 11) is 0. The Balaban J connectivity index is 1.51. The molecule has 2 aliphatic heterocycles. The van der Waals surface area contributed by atoms with Gasteiger partial charge in [0.15, 0.2) is 0 Å². The molecular weight excluding hydrogens is 332 g/mol. The number of fused-ring (bicyclic) bond motifs is 1. The normalized spacial score (nSPS) is 19.1. The number of piperazine rings is 1. The van der Waals surface area contributed by atoms with Crippen LogP contribution in [0.15, 0.2) is 24.3 Å². The molecule has 3 heterocycles. The second-order valence-corrected chi connectivity index (χ2v) is 7.12. The maximum absolute atomic E-state index is 12.7. The number of benzene rings is 1. The number of carbonyl (C=O) groups is 2. The molecule has 4 rings (SSSR count). The van der Waals surface area contributed by atoms with Gasteiger partial charge in [-0.2, -0.15) is 0 Å². The molecule has 0 unspecified atom stereocenters. The summed E-state index contributed by atoms with van der Waals surface area (Å²) in [6.45, 7) is 4.31. The lowest BCUT2D eigenvalue weighted by Crippen LogP contribution is -2.46. The molecule has 0 spiro atoms. The lowest BCUT2D eigenvalue weighted by molar-refractivity contribution is 0.0731. The van der Waals surface area contributed by atoms with Gasteiger partial charge < -0.3 is 25.2 Å². The van der Waals surface area contributed by atoms with Crippen LogP contribution in [0.5, 0.6) is 0 Å². The fourth-order valence-corrected chi connectivity index (χ4v) is 3.96. The highest BCUT2D eigenvalue weighted by molar-refractivity contribution is 5.98. The quantitative estimate of drug-likeness (QED) is 0.769. The molecule has 26 heavy (non-hydrogen) atoms. The number of nitrogens with zero attached hydrogens (tertiary/aromatic N) is 2. The predicted molar refractivity (Wildman–Crippen MR) is 98.6 cm³/mol. The number of carbonyl (C=O) groups excluding carboxylic acids is 1. The fraction of sp³-hybridized carbons (Fsp3) is 0.474. The van der Waals surface area contributed by atoms with Gasteiger partial charge in [-0.15, -0.1) is 0 Å². The molecule has 0 atom stereocenters. The summed E-state index contributed by atoms with van der Waals surface area (Å²) in [6, 6.07) is 8.21. The maximum Gasteiger partial charge on any atom is 0.407 e. The minimum atomic E-state index is -0.834. The minimum absolute atomic E-state index is 0.0546. The van der Waals surface area contributed by atoms with Gasteiger partial charge in [0.2, 0.25) is 0 Å². The molecule has 2 aromatic rings. The molecule has 0 bridgehead atoms. The van der Waals surface area contributed by atoms with E-state index in [0.717, 1.165) is 49.9 Å². The summed E-state index contributed by atoms with van der Waals surface area (Å²) >= 11 is 0. The number of likely N-dealkylation sites (tertiary alicyclic amines) is 1. The van der Waals surface area contributed by atoms with Crippen LogP contribution in [0.3, 0.4) is 0 Å². The molecule has 2 aliphatic rings. The Kier molecular flexibility index (Phi) is 4.55. The summed E-state index contributed by atoms with van der Waals surface area (Å²) in [4.78, 5) is 30.4. The van der Waals surface area contributed by atoms with E-state index in [-0.39, 0.29) is 5.91 Å². The molecule has 3 N–H and O–H groups in total. The molecule has 1 aromatic carbocycles. The Morgan fingerprint density at radius 1 is 1.00 bits per heavy atom. The molecule has 2 fully saturated rings. The molecule has 2 amide bonds. The summed E-state index contributed by atoms with van der Waals surface area (Å²) in [5.41, 5.74) is 2.83. The average molecular weight is 356 g/mol. The third-order valence-corrected chi connectivity index (χ3v) is 5.52. The van der Waals surface area contributed by atoms with E-state index in [1.165, 1.54) is 10.5 Å². The first-order valence-corrected chi connectivity index (χ1v) is 9.22. The van der Waals surface area contributed by atoms with Gasteiger partial charge in [0, 0.05) is 50.2 Å². The largest absolute Gasteiger partial charge is 0.465 e. The standard InChI is InChI=1S/C19H24N4O3/c24-18(22-9-5-20-6-10-22)17-12-15-2-1-14(11-16(15)21-17)13-3-7-23(8-4-13)19(25)26/h1-2,11-13,20-21H,3-10H2,(H,25,26). The van der Waals surface area contributed by atoms with Crippen LogP contribution in [-0.2, 0) is 0 Å². The van der Waals surface area contributed by atoms with Gasteiger partial charge in [0.05, 0.1) is 0 Å². The van der Waals surface area contributed by atoms with E-state index in [1.807, 2.05) is 11.0 Å². The van der Waals surface area contributed by atoms with Gasteiger partial charge in [-0.05, 0) is 36.5 Å². The van der Waals surface area contributed by atoms with Gasteiger partial charge in [0.25, 0.3) is 5.91 Å². The lowest BCUT2D eigenvalue weighted by atomic mass is 9.89. The SMILES string of the molecule is O=C(O)N1CCC(c2ccc3cc(C(=O)N4CCNCC4)[nH]c3c2)CC1. The molecule has 0 saturated carbocycles. The van der Waals surface area contributed by atoms with Crippen LogP contribution in [0.4, 0.5) is 4.79 Å². The number of amides is 2. The third kappa shape index (κ3) is 3.26. The van der Waals surface area contributed by atoms with Crippen molar-refractivity contribution < 1.29 is 14.7 Å². The second kappa shape index (κ2) is 6.99. The number of nitrogens with one attached hydrogen (secondary N) is 2. The Labute approximate surface area is 152 Å². The highest BCUT2D eigenvalue weighted by Gasteiger charge is 2.24. The lowest BCUT2D eigenvalue weighted by Gasteiger charge is -2.30. The first-order chi connectivity index (χ1) is 12.6. The van der Waals surface area contributed by atoms with Crippen LogP contribution in [0.1, 0.15) is 34.8 Å². The zero-order valence-corrected chi connectivity index (χ0v) is 14.7. The van der Waals surface area contributed by atoms with Crippen LogP contribution in [0.2, 0.25) is 0 Å². The smallest absolute Gasteiger partial charge is 0.407 e. The molecule has 0 aliphatic carbocycles. The highest BCUT2D eigenvalue weighted by Crippen LogP contribution is 2.30. The molecule has 7 heteroatoms. The van der Waals surface area contributed by atoms with E-state index >= 15 is 0 Å². The first-order valence-electron chi connectivity index (χ1n) is 9.22. The second-order valence-electron chi connectivity index (χ2n) is 7.12. The Morgan fingerprint density at radius 3 is 2.42 bits per heavy atom. The number of piperidine rings is 1. The monoisotopic (exact) mass is 356 g/mol. The van der Waals surface area contributed by atoms with Gasteiger partial charge in [-0.3, -0.25) is 4.79 Å². The van der Waals surface area contributed by atoms with Crippen molar-refractivity contribution in [3.8, 4) is 0 Å². The van der Waals surface area contributed by atoms with Crippen molar-refractivity contribution in [3.63, 3.8) is 0 Å². The summed E-state index contributed by atoms with van der Waals surface area (Å²) < 4.78 is 0. The van der Waals surface area contributed by atoms with Crippen molar-refractivity contribution in [3.05, 3.63) is 35.5 Å². The van der Waals surface area contributed by atoms with Crippen molar-refractivity contribution in [2.75, 3.05) is 39.3 Å². The van der Waals surface area contributed by atoms with E-state index in [4.69, 9.17) is 5.11 Å². The number of H-pyrrole nitrogens is 1. The van der Waals surface area contributed by atoms with Crippen molar-refractivity contribution in [1.82, 2.24) is 20.1 Å². The molecule has 138 valence electrons. The highest BCUT2D eigenvalue weighted by atomic mass is 16.4. The average Bonchev–Trinajstić information content (AvgIpc) is 3.11. The van der Waals surface area contributed by atoms with Crippen LogP contribution in [-0.4, -0.2) is 71.2 Å². The molecule has 7 nitrogen and oxygen atoms in total. The van der Waals surface area contributed by atoms with E-state index < -0.39 is 6.09 Å². The van der Waals surface area contributed by atoms with E-state index in [9.17, 15) is 9.59 Å². The Bertz CT molecular complexity index is 817. The van der Waals surface area contributed by atoms with Gasteiger partial charge in [-0.1, -0.05) is 12.1 Å². The van der Waals surface area contributed by atoms with Crippen molar-refractivity contribution in [2.45, 2.75) is 18.8 Å². The zero-order valence-electron chi connectivity index (χ0n) is 14.7. The van der Waals surface area contributed by atoms with E-state index in [2.05, 4.69) is 28.5 Å². The number of aromatic nitrogens is 1. The number of hydrogen-bond donors (Lipinski definition) is 3. The minimum Gasteiger partial charge on any atom is -0.465 e. The van der Waals surface area contributed by atoms with Gasteiger partial charge >= 0.3 is 6.09 Å². The van der Waals surface area contributed by atoms with Gasteiger partial charge in [0.1, 0.15) is 5.69 Å². The summed E-state index contributed by atoms with van der Waals surface area (Å²) in [6.07, 6.45) is 0.843. The summed E-state index contributed by atoms with van der Waals surface area (Å²) in [5, 5.41) is 13.4. The molecule has 2 saturated heterocycles. The topological polar surface area (TPSA) is 88.7 Å². The van der Waals surface area contributed by atoms with Crippen molar-refractivity contribution in [1.29, 1.82) is 0 Å². The Hall–Kier alpha value is -2.54. The van der Waals surface area contributed by atoms with E-state index in [1.54, 1.807) is 0 Å². The fourth-order valence-electron chi connectivity index (χ4n) is 3.96. The first kappa shape index (κ1) is 16.9.